The summed E-state index contributed by atoms with van der Waals surface area (Å²) in [6.45, 7) is 4.26. The maximum atomic E-state index is 10.5. The lowest BCUT2D eigenvalue weighted by Crippen LogP contribution is -2.02. The van der Waals surface area contributed by atoms with E-state index in [0.29, 0.717) is 12.4 Å². The summed E-state index contributed by atoms with van der Waals surface area (Å²) >= 11 is 0. The van der Waals surface area contributed by atoms with E-state index in [-0.39, 0.29) is 11.8 Å². The number of nitrogens with zero attached hydrogens (tertiary/aromatic N) is 1. The van der Waals surface area contributed by atoms with Gasteiger partial charge in [-0.05, 0) is 13.8 Å². The number of imidazole rings is 1. The Morgan fingerprint density at radius 3 is 3.00 bits per heavy atom. The molecule has 13 heavy (non-hydrogen) atoms. The largest absolute Gasteiger partial charge is 0.477 e. The summed E-state index contributed by atoms with van der Waals surface area (Å²) in [5.74, 6) is -0.471. The van der Waals surface area contributed by atoms with Gasteiger partial charge in [-0.15, -0.1) is 0 Å². The van der Waals surface area contributed by atoms with Crippen LogP contribution in [0.3, 0.4) is 0 Å². The van der Waals surface area contributed by atoms with E-state index in [1.807, 2.05) is 13.8 Å². The Morgan fingerprint density at radius 1 is 1.85 bits per heavy atom. The number of hydrogen-bond donors (Lipinski definition) is 2. The number of carboxylic acid groups (broad SMARTS) is 1. The molecule has 0 fully saturated rings. The minimum atomic E-state index is -1.01. The van der Waals surface area contributed by atoms with Crippen molar-refractivity contribution in [3.05, 3.63) is 17.7 Å². The van der Waals surface area contributed by atoms with E-state index in [2.05, 4.69) is 9.97 Å². The van der Waals surface area contributed by atoms with E-state index < -0.39 is 5.97 Å². The van der Waals surface area contributed by atoms with Crippen molar-refractivity contribution in [2.75, 3.05) is 6.61 Å². The number of carbonyl (C=O) groups is 1. The van der Waals surface area contributed by atoms with Crippen LogP contribution in [0, 0.1) is 0 Å². The molecule has 0 aliphatic carbocycles. The molecule has 72 valence electrons. The van der Waals surface area contributed by atoms with Crippen LogP contribution in [-0.2, 0) is 4.74 Å². The third-order valence-electron chi connectivity index (χ3n) is 1.63. The molecule has 0 aliphatic heterocycles. The average Bonchev–Trinajstić information content (AvgIpc) is 2.52. The molecule has 1 heterocycles. The van der Waals surface area contributed by atoms with E-state index in [4.69, 9.17) is 9.84 Å². The van der Waals surface area contributed by atoms with E-state index in [9.17, 15) is 4.79 Å². The molecule has 0 spiro atoms. The van der Waals surface area contributed by atoms with E-state index in [1.165, 1.54) is 6.20 Å². The first-order valence-electron chi connectivity index (χ1n) is 4.05. The second-order valence-corrected chi connectivity index (χ2v) is 2.58. The third kappa shape index (κ3) is 2.29. The normalized spacial score (nSPS) is 12.8. The van der Waals surface area contributed by atoms with Crippen LogP contribution < -0.4 is 0 Å². The van der Waals surface area contributed by atoms with Gasteiger partial charge < -0.3 is 14.8 Å². The minimum absolute atomic E-state index is 0.0848. The highest BCUT2D eigenvalue weighted by Crippen LogP contribution is 2.12. The second-order valence-electron chi connectivity index (χ2n) is 2.58. The maximum Gasteiger partial charge on any atom is 0.353 e. The topological polar surface area (TPSA) is 75.2 Å². The minimum Gasteiger partial charge on any atom is -0.477 e. The van der Waals surface area contributed by atoms with Gasteiger partial charge in [0.1, 0.15) is 17.6 Å². The maximum absolute atomic E-state index is 10.5. The summed E-state index contributed by atoms with van der Waals surface area (Å²) < 4.78 is 5.23. The van der Waals surface area contributed by atoms with Crippen molar-refractivity contribution < 1.29 is 14.6 Å². The lowest BCUT2D eigenvalue weighted by molar-refractivity contribution is 0.0676. The van der Waals surface area contributed by atoms with Crippen molar-refractivity contribution in [3.63, 3.8) is 0 Å². The molecule has 1 atom stereocenters. The van der Waals surface area contributed by atoms with Crippen LogP contribution in [-0.4, -0.2) is 27.7 Å². The SMILES string of the molecule is CCOC(C)c1ncc(C(=O)O)[nH]1. The quantitative estimate of drug-likeness (QED) is 0.737. The summed E-state index contributed by atoms with van der Waals surface area (Å²) in [6, 6.07) is 0. The Kier molecular flexibility index (Phi) is 3.02. The van der Waals surface area contributed by atoms with Crippen molar-refractivity contribution >= 4 is 5.97 Å². The van der Waals surface area contributed by atoms with Crippen LogP contribution in [0.2, 0.25) is 0 Å². The number of aromatic carboxylic acids is 1. The molecular formula is C8H12N2O3. The molecule has 0 amide bonds. The van der Waals surface area contributed by atoms with E-state index >= 15 is 0 Å². The van der Waals surface area contributed by atoms with Gasteiger partial charge in [0, 0.05) is 6.61 Å². The monoisotopic (exact) mass is 184 g/mol. The summed E-state index contributed by atoms with van der Waals surface area (Å²) in [5.41, 5.74) is 0.0848. The number of aromatic nitrogens is 2. The van der Waals surface area contributed by atoms with Gasteiger partial charge in [-0.2, -0.15) is 0 Å². The molecule has 2 N–H and O–H groups in total. The number of carboxylic acids is 1. The Bertz CT molecular complexity index is 295. The zero-order chi connectivity index (χ0) is 9.84. The van der Waals surface area contributed by atoms with Gasteiger partial charge in [-0.25, -0.2) is 9.78 Å². The fourth-order valence-electron chi connectivity index (χ4n) is 0.981. The molecule has 0 saturated heterocycles. The van der Waals surface area contributed by atoms with Gasteiger partial charge in [0.05, 0.1) is 6.20 Å². The first kappa shape index (κ1) is 9.73. The molecule has 1 unspecified atom stereocenters. The number of rotatable bonds is 4. The predicted octanol–water partition coefficient (Wildman–Crippen LogP) is 1.21. The standard InChI is InChI=1S/C8H12N2O3/c1-3-13-5(2)7-9-4-6(10-7)8(11)12/h4-5H,3H2,1-2H3,(H,9,10)(H,11,12). The molecule has 0 aliphatic rings. The Labute approximate surface area is 75.8 Å². The summed E-state index contributed by atoms with van der Waals surface area (Å²) in [6.07, 6.45) is 1.09. The van der Waals surface area contributed by atoms with Crippen LogP contribution in [0.5, 0.6) is 0 Å². The molecule has 5 nitrogen and oxygen atoms in total. The van der Waals surface area contributed by atoms with Gasteiger partial charge >= 0.3 is 5.97 Å². The molecule has 5 heteroatoms. The Hall–Kier alpha value is -1.36. The molecule has 0 saturated carbocycles. The molecule has 0 bridgehead atoms. The van der Waals surface area contributed by atoms with Gasteiger partial charge in [-0.1, -0.05) is 0 Å². The lowest BCUT2D eigenvalue weighted by Gasteiger charge is -2.07. The van der Waals surface area contributed by atoms with Gasteiger partial charge in [-0.3, -0.25) is 0 Å². The highest BCUT2D eigenvalue weighted by Gasteiger charge is 2.12. The number of aromatic amines is 1. The molecule has 0 aromatic carbocycles. The van der Waals surface area contributed by atoms with Gasteiger partial charge in [0.15, 0.2) is 0 Å². The van der Waals surface area contributed by atoms with Crippen LogP contribution in [0.15, 0.2) is 6.20 Å². The molecular weight excluding hydrogens is 172 g/mol. The molecule has 0 radical (unpaired) electrons. The summed E-state index contributed by atoms with van der Waals surface area (Å²) in [5, 5.41) is 8.60. The smallest absolute Gasteiger partial charge is 0.353 e. The van der Waals surface area contributed by atoms with Gasteiger partial charge in [0.25, 0.3) is 0 Å². The first-order valence-corrected chi connectivity index (χ1v) is 4.05. The van der Waals surface area contributed by atoms with Crippen molar-refractivity contribution in [2.45, 2.75) is 20.0 Å². The number of ether oxygens (including phenoxy) is 1. The fraction of sp³-hybridized carbons (Fsp3) is 0.500. The van der Waals surface area contributed by atoms with Crippen LogP contribution >= 0.6 is 0 Å². The highest BCUT2D eigenvalue weighted by molar-refractivity contribution is 5.84. The number of H-pyrrole nitrogens is 1. The molecule has 1 aromatic rings. The zero-order valence-corrected chi connectivity index (χ0v) is 7.57. The summed E-state index contributed by atoms with van der Waals surface area (Å²) in [4.78, 5) is 17.0. The lowest BCUT2D eigenvalue weighted by atomic mass is 10.4. The molecule has 1 rings (SSSR count). The van der Waals surface area contributed by atoms with E-state index in [0.717, 1.165) is 0 Å². The molecule has 1 aromatic heterocycles. The first-order chi connectivity index (χ1) is 6.15. The number of hydrogen-bond acceptors (Lipinski definition) is 3. The van der Waals surface area contributed by atoms with Crippen LogP contribution in [0.4, 0.5) is 0 Å². The summed E-state index contributed by atoms with van der Waals surface area (Å²) in [7, 11) is 0. The van der Waals surface area contributed by atoms with Crippen molar-refractivity contribution in [1.82, 2.24) is 9.97 Å². The Balaban J connectivity index is 2.73. The van der Waals surface area contributed by atoms with Crippen LogP contribution in [0.25, 0.3) is 0 Å². The zero-order valence-electron chi connectivity index (χ0n) is 7.57. The van der Waals surface area contributed by atoms with Crippen molar-refractivity contribution in [2.24, 2.45) is 0 Å². The van der Waals surface area contributed by atoms with Crippen LogP contribution in [0.1, 0.15) is 36.3 Å². The highest BCUT2D eigenvalue weighted by atomic mass is 16.5. The Morgan fingerprint density at radius 2 is 2.54 bits per heavy atom. The third-order valence-corrected chi connectivity index (χ3v) is 1.63. The van der Waals surface area contributed by atoms with Crippen molar-refractivity contribution in [3.8, 4) is 0 Å². The van der Waals surface area contributed by atoms with Gasteiger partial charge in [0.2, 0.25) is 0 Å². The number of nitrogens with one attached hydrogen (secondary N) is 1. The van der Waals surface area contributed by atoms with Crippen molar-refractivity contribution in [1.29, 1.82) is 0 Å². The second kappa shape index (κ2) is 4.04. The average molecular weight is 184 g/mol. The predicted molar refractivity (Wildman–Crippen MR) is 45.6 cm³/mol. The fourth-order valence-corrected chi connectivity index (χ4v) is 0.981. The van der Waals surface area contributed by atoms with E-state index in [1.54, 1.807) is 0 Å².